The molecule has 1 saturated carbocycles. The lowest BCUT2D eigenvalue weighted by atomic mass is 9.84. The minimum atomic E-state index is -0.0202. The van der Waals surface area contributed by atoms with Crippen molar-refractivity contribution in [1.29, 1.82) is 0 Å². The minimum Gasteiger partial charge on any atom is -0.273 e. The molecule has 0 aromatic heterocycles. The lowest BCUT2D eigenvalue weighted by Crippen LogP contribution is -2.20. The molecule has 0 bridgehead atoms. The summed E-state index contributed by atoms with van der Waals surface area (Å²) in [6.07, 6.45) is 7.24. The van der Waals surface area contributed by atoms with E-state index in [0.29, 0.717) is 12.3 Å². The van der Waals surface area contributed by atoms with E-state index >= 15 is 0 Å². The van der Waals surface area contributed by atoms with E-state index in [1.54, 1.807) is 0 Å². The number of carbonyl (C=O) groups excluding carboxylic acids is 1. The van der Waals surface area contributed by atoms with Gasteiger partial charge in [-0.2, -0.15) is 5.10 Å². The molecule has 1 aliphatic carbocycles. The molecule has 1 aromatic carbocycles. The fraction of sp³-hybridized carbons (Fsp3) is 0.579. The first kappa shape index (κ1) is 16.7. The lowest BCUT2D eigenvalue weighted by molar-refractivity contribution is -0.121. The van der Waals surface area contributed by atoms with Gasteiger partial charge in [0.05, 0.1) is 5.71 Å². The molecule has 0 spiro atoms. The third-order valence-corrected chi connectivity index (χ3v) is 4.35. The van der Waals surface area contributed by atoms with Crippen LogP contribution in [0, 0.1) is 5.92 Å². The third-order valence-electron chi connectivity index (χ3n) is 4.35. The smallest absolute Gasteiger partial charge is 0.240 e. The summed E-state index contributed by atoms with van der Waals surface area (Å²) in [4.78, 5) is 11.6. The zero-order chi connectivity index (χ0) is 15.9. The Hall–Kier alpha value is -1.64. The maximum atomic E-state index is 11.6. The van der Waals surface area contributed by atoms with Gasteiger partial charge in [-0.05, 0) is 42.7 Å². The summed E-state index contributed by atoms with van der Waals surface area (Å²) in [5.74, 6) is 1.06. The fourth-order valence-electron chi connectivity index (χ4n) is 3.06. The summed E-state index contributed by atoms with van der Waals surface area (Å²) in [5.41, 5.74) is 6.01. The minimum absolute atomic E-state index is 0.0202. The second-order valence-electron chi connectivity index (χ2n) is 6.79. The van der Waals surface area contributed by atoms with Crippen LogP contribution in [0.4, 0.5) is 0 Å². The second kappa shape index (κ2) is 8.11. The van der Waals surface area contributed by atoms with Crippen molar-refractivity contribution in [2.45, 2.75) is 65.2 Å². The molecular weight excluding hydrogens is 272 g/mol. The first-order valence-corrected chi connectivity index (χ1v) is 8.49. The molecule has 120 valence electrons. The van der Waals surface area contributed by atoms with E-state index in [-0.39, 0.29) is 5.91 Å². The molecule has 1 amide bonds. The maximum absolute atomic E-state index is 11.6. The number of rotatable bonds is 5. The van der Waals surface area contributed by atoms with Gasteiger partial charge in [-0.15, -0.1) is 0 Å². The van der Waals surface area contributed by atoms with Crippen LogP contribution in [0.3, 0.4) is 0 Å². The van der Waals surface area contributed by atoms with Crippen LogP contribution in [0.2, 0.25) is 0 Å². The van der Waals surface area contributed by atoms with Gasteiger partial charge in [0, 0.05) is 6.42 Å². The molecule has 0 atom stereocenters. The Morgan fingerprint density at radius 3 is 2.41 bits per heavy atom. The largest absolute Gasteiger partial charge is 0.273 e. The summed E-state index contributed by atoms with van der Waals surface area (Å²) in [6, 6.07) is 8.69. The number of benzene rings is 1. The SMILES string of the molecule is CC(=NNC(=O)CC(C)C)c1ccc(C2CCCCC2)cc1. The first-order valence-electron chi connectivity index (χ1n) is 8.49. The molecule has 0 aliphatic heterocycles. The average Bonchev–Trinajstić information content (AvgIpc) is 2.53. The number of hydrazone groups is 1. The van der Waals surface area contributed by atoms with Crippen LogP contribution < -0.4 is 5.43 Å². The van der Waals surface area contributed by atoms with Gasteiger partial charge in [-0.25, -0.2) is 5.43 Å². The number of carbonyl (C=O) groups is 1. The highest BCUT2D eigenvalue weighted by Gasteiger charge is 2.15. The fourth-order valence-corrected chi connectivity index (χ4v) is 3.06. The molecule has 0 unspecified atom stereocenters. The predicted molar refractivity (Wildman–Crippen MR) is 92.1 cm³/mol. The molecule has 1 fully saturated rings. The summed E-state index contributed by atoms with van der Waals surface area (Å²) in [7, 11) is 0. The lowest BCUT2D eigenvalue weighted by Gasteiger charge is -2.22. The monoisotopic (exact) mass is 300 g/mol. The van der Waals surface area contributed by atoms with Gasteiger partial charge >= 0.3 is 0 Å². The number of hydrogen-bond donors (Lipinski definition) is 1. The van der Waals surface area contributed by atoms with Crippen LogP contribution in [-0.2, 0) is 4.79 Å². The Morgan fingerprint density at radius 1 is 1.18 bits per heavy atom. The molecule has 2 rings (SSSR count). The van der Waals surface area contributed by atoms with Crippen LogP contribution in [0.15, 0.2) is 29.4 Å². The van der Waals surface area contributed by atoms with Crippen LogP contribution >= 0.6 is 0 Å². The number of nitrogens with zero attached hydrogens (tertiary/aromatic N) is 1. The van der Waals surface area contributed by atoms with E-state index in [1.165, 1.54) is 37.7 Å². The van der Waals surface area contributed by atoms with Gasteiger partial charge in [0.15, 0.2) is 0 Å². The van der Waals surface area contributed by atoms with E-state index in [0.717, 1.165) is 17.2 Å². The Labute approximate surface area is 134 Å². The maximum Gasteiger partial charge on any atom is 0.240 e. The molecule has 0 saturated heterocycles. The molecule has 3 nitrogen and oxygen atoms in total. The Morgan fingerprint density at radius 2 is 1.82 bits per heavy atom. The molecule has 0 heterocycles. The number of nitrogens with one attached hydrogen (secondary N) is 1. The van der Waals surface area contributed by atoms with E-state index in [4.69, 9.17) is 0 Å². The van der Waals surface area contributed by atoms with Gasteiger partial charge in [-0.1, -0.05) is 57.4 Å². The van der Waals surface area contributed by atoms with Crippen LogP contribution in [0.25, 0.3) is 0 Å². The Bertz CT molecular complexity index is 511. The molecule has 0 radical (unpaired) electrons. The Kier molecular flexibility index (Phi) is 6.17. The van der Waals surface area contributed by atoms with E-state index in [9.17, 15) is 4.79 Å². The first-order chi connectivity index (χ1) is 10.6. The highest BCUT2D eigenvalue weighted by atomic mass is 16.2. The van der Waals surface area contributed by atoms with Crippen molar-refractivity contribution in [3.8, 4) is 0 Å². The zero-order valence-corrected chi connectivity index (χ0v) is 14.1. The molecular formula is C19H28N2O. The van der Waals surface area contributed by atoms with Gasteiger partial charge in [0.2, 0.25) is 5.91 Å². The molecule has 3 heteroatoms. The van der Waals surface area contributed by atoms with Crippen molar-refractivity contribution in [2.24, 2.45) is 11.0 Å². The van der Waals surface area contributed by atoms with Crippen LogP contribution in [0.1, 0.15) is 76.3 Å². The van der Waals surface area contributed by atoms with Gasteiger partial charge in [0.1, 0.15) is 0 Å². The number of hydrogen-bond acceptors (Lipinski definition) is 2. The molecule has 1 aliphatic rings. The highest BCUT2D eigenvalue weighted by Crippen LogP contribution is 2.32. The summed E-state index contributed by atoms with van der Waals surface area (Å²) < 4.78 is 0. The summed E-state index contributed by atoms with van der Waals surface area (Å²) in [6.45, 7) is 5.99. The molecule has 1 aromatic rings. The highest BCUT2D eigenvalue weighted by molar-refractivity contribution is 5.99. The van der Waals surface area contributed by atoms with E-state index in [2.05, 4.69) is 34.8 Å². The normalized spacial score (nSPS) is 16.8. The van der Waals surface area contributed by atoms with Crippen molar-refractivity contribution >= 4 is 11.6 Å². The van der Waals surface area contributed by atoms with Gasteiger partial charge in [-0.3, -0.25) is 4.79 Å². The van der Waals surface area contributed by atoms with Crippen LogP contribution in [-0.4, -0.2) is 11.6 Å². The van der Waals surface area contributed by atoms with Crippen molar-refractivity contribution in [2.75, 3.05) is 0 Å². The van der Waals surface area contributed by atoms with Crippen LogP contribution in [0.5, 0.6) is 0 Å². The summed E-state index contributed by atoms with van der Waals surface area (Å²) in [5, 5.41) is 4.21. The third kappa shape index (κ3) is 4.97. The van der Waals surface area contributed by atoms with Gasteiger partial charge < -0.3 is 0 Å². The van der Waals surface area contributed by atoms with E-state index in [1.807, 2.05) is 20.8 Å². The van der Waals surface area contributed by atoms with Crippen molar-refractivity contribution in [1.82, 2.24) is 5.43 Å². The van der Waals surface area contributed by atoms with Crippen molar-refractivity contribution in [3.05, 3.63) is 35.4 Å². The quantitative estimate of drug-likeness (QED) is 0.625. The van der Waals surface area contributed by atoms with Gasteiger partial charge in [0.25, 0.3) is 0 Å². The molecule has 22 heavy (non-hydrogen) atoms. The van der Waals surface area contributed by atoms with Crippen molar-refractivity contribution < 1.29 is 4.79 Å². The average molecular weight is 300 g/mol. The second-order valence-corrected chi connectivity index (χ2v) is 6.79. The standard InChI is InChI=1S/C19H28N2O/c1-14(2)13-19(22)21-20-15(3)16-9-11-18(12-10-16)17-7-5-4-6-8-17/h9-12,14,17H,4-8,13H2,1-3H3,(H,21,22). The molecule has 1 N–H and O–H groups in total. The number of amides is 1. The predicted octanol–water partition coefficient (Wildman–Crippen LogP) is 4.62. The van der Waals surface area contributed by atoms with E-state index < -0.39 is 0 Å². The van der Waals surface area contributed by atoms with Crippen molar-refractivity contribution in [3.63, 3.8) is 0 Å². The topological polar surface area (TPSA) is 41.5 Å². The Balaban J connectivity index is 1.95. The summed E-state index contributed by atoms with van der Waals surface area (Å²) >= 11 is 0. The zero-order valence-electron chi connectivity index (χ0n) is 14.1.